The monoisotopic (exact) mass is 390 g/mol. The summed E-state index contributed by atoms with van der Waals surface area (Å²) in [5, 5.41) is 23.5. The first-order valence-corrected chi connectivity index (χ1v) is 9.61. The average molecular weight is 390 g/mol. The first kappa shape index (κ1) is 20.1. The van der Waals surface area contributed by atoms with E-state index >= 15 is 0 Å². The van der Waals surface area contributed by atoms with Gasteiger partial charge in [-0.3, -0.25) is 24.6 Å². The number of rotatable bonds is 7. The summed E-state index contributed by atoms with van der Waals surface area (Å²) < 4.78 is 0. The highest BCUT2D eigenvalue weighted by molar-refractivity contribution is 5.95. The molecule has 1 atom stereocenters. The SMILES string of the molecule is CN(CC(=O)O)C1CCCN(C(=O)c2ccc(NC3CC3)c([N+](=O)[O-])c2)CC1. The third-order valence-electron chi connectivity index (χ3n) is 5.37. The lowest BCUT2D eigenvalue weighted by molar-refractivity contribution is -0.384. The van der Waals surface area contributed by atoms with Crippen LogP contribution in [0.2, 0.25) is 0 Å². The zero-order chi connectivity index (χ0) is 20.3. The number of nitrogens with zero attached hydrogens (tertiary/aromatic N) is 3. The molecule has 0 radical (unpaired) electrons. The molecule has 0 bridgehead atoms. The van der Waals surface area contributed by atoms with E-state index in [9.17, 15) is 19.7 Å². The molecular formula is C19H26N4O5. The summed E-state index contributed by atoms with van der Waals surface area (Å²) in [5.41, 5.74) is 0.687. The summed E-state index contributed by atoms with van der Waals surface area (Å²) >= 11 is 0. The number of nitro benzene ring substituents is 1. The van der Waals surface area contributed by atoms with Gasteiger partial charge in [0.25, 0.3) is 11.6 Å². The van der Waals surface area contributed by atoms with Crippen molar-refractivity contribution in [2.45, 2.75) is 44.2 Å². The third kappa shape index (κ3) is 4.98. The molecule has 2 fully saturated rings. The number of nitrogens with one attached hydrogen (secondary N) is 1. The predicted molar refractivity (Wildman–Crippen MR) is 104 cm³/mol. The Balaban J connectivity index is 1.68. The fourth-order valence-corrected chi connectivity index (χ4v) is 3.63. The van der Waals surface area contributed by atoms with Crippen LogP contribution in [0.1, 0.15) is 42.5 Å². The number of likely N-dealkylation sites (tertiary alicyclic amines) is 1. The second kappa shape index (κ2) is 8.55. The van der Waals surface area contributed by atoms with Crippen molar-refractivity contribution in [2.24, 2.45) is 0 Å². The lowest BCUT2D eigenvalue weighted by atomic mass is 10.1. The Morgan fingerprint density at radius 1 is 1.29 bits per heavy atom. The van der Waals surface area contributed by atoms with E-state index in [1.807, 2.05) is 0 Å². The molecule has 1 aromatic carbocycles. The van der Waals surface area contributed by atoms with Gasteiger partial charge in [0.2, 0.25) is 0 Å². The van der Waals surface area contributed by atoms with Crippen molar-refractivity contribution in [3.05, 3.63) is 33.9 Å². The molecule has 9 heteroatoms. The molecule has 28 heavy (non-hydrogen) atoms. The Morgan fingerprint density at radius 2 is 2.04 bits per heavy atom. The number of nitro groups is 1. The minimum atomic E-state index is -0.869. The molecule has 1 saturated carbocycles. The lowest BCUT2D eigenvalue weighted by Crippen LogP contribution is -2.37. The highest BCUT2D eigenvalue weighted by atomic mass is 16.6. The summed E-state index contributed by atoms with van der Waals surface area (Å²) in [4.78, 5) is 38.3. The van der Waals surface area contributed by atoms with E-state index in [1.54, 1.807) is 29.0 Å². The van der Waals surface area contributed by atoms with Crippen LogP contribution in [0.15, 0.2) is 18.2 Å². The maximum absolute atomic E-state index is 12.9. The van der Waals surface area contributed by atoms with Gasteiger partial charge in [0.05, 0.1) is 11.5 Å². The number of carbonyl (C=O) groups excluding carboxylic acids is 1. The number of anilines is 1. The molecule has 1 amide bonds. The van der Waals surface area contributed by atoms with E-state index in [0.29, 0.717) is 30.8 Å². The van der Waals surface area contributed by atoms with Crippen molar-refractivity contribution < 1.29 is 19.6 Å². The molecule has 0 spiro atoms. The molecule has 1 aliphatic heterocycles. The smallest absolute Gasteiger partial charge is 0.317 e. The fourth-order valence-electron chi connectivity index (χ4n) is 3.63. The largest absolute Gasteiger partial charge is 0.480 e. The molecule has 1 unspecified atom stereocenters. The van der Waals surface area contributed by atoms with Crippen molar-refractivity contribution in [1.29, 1.82) is 0 Å². The molecule has 2 N–H and O–H groups in total. The number of hydrogen-bond acceptors (Lipinski definition) is 6. The van der Waals surface area contributed by atoms with Gasteiger partial charge in [-0.05, 0) is 51.3 Å². The van der Waals surface area contributed by atoms with Crippen molar-refractivity contribution >= 4 is 23.3 Å². The highest BCUT2D eigenvalue weighted by Gasteiger charge is 2.28. The summed E-state index contributed by atoms with van der Waals surface area (Å²) in [6.07, 6.45) is 4.27. The second-order valence-corrected chi connectivity index (χ2v) is 7.59. The Labute approximate surface area is 163 Å². The predicted octanol–water partition coefficient (Wildman–Crippen LogP) is 2.18. The normalized spacial score (nSPS) is 19.9. The number of benzene rings is 1. The fraction of sp³-hybridized carbons (Fsp3) is 0.579. The average Bonchev–Trinajstić information content (AvgIpc) is 3.47. The lowest BCUT2D eigenvalue weighted by Gasteiger charge is -2.25. The van der Waals surface area contributed by atoms with Gasteiger partial charge in [0, 0.05) is 36.8 Å². The maximum atomic E-state index is 12.9. The Bertz CT molecular complexity index is 765. The molecule has 3 rings (SSSR count). The maximum Gasteiger partial charge on any atom is 0.317 e. The van der Waals surface area contributed by atoms with Gasteiger partial charge >= 0.3 is 5.97 Å². The van der Waals surface area contributed by atoms with E-state index in [-0.39, 0.29) is 30.2 Å². The molecule has 0 aromatic heterocycles. The Kier molecular flexibility index (Phi) is 6.13. The van der Waals surface area contributed by atoms with Crippen LogP contribution in [0, 0.1) is 10.1 Å². The van der Waals surface area contributed by atoms with E-state index in [2.05, 4.69) is 5.32 Å². The molecule has 1 heterocycles. The number of aliphatic carboxylic acids is 1. The van der Waals surface area contributed by atoms with Crippen molar-refractivity contribution in [3.63, 3.8) is 0 Å². The van der Waals surface area contributed by atoms with Gasteiger partial charge in [0.1, 0.15) is 5.69 Å². The Morgan fingerprint density at radius 3 is 2.68 bits per heavy atom. The van der Waals surface area contributed by atoms with Crippen LogP contribution >= 0.6 is 0 Å². The molecular weight excluding hydrogens is 364 g/mol. The van der Waals surface area contributed by atoms with Crippen LogP contribution in [0.4, 0.5) is 11.4 Å². The summed E-state index contributed by atoms with van der Waals surface area (Å²) in [6, 6.07) is 4.99. The zero-order valence-corrected chi connectivity index (χ0v) is 16.0. The molecule has 1 aliphatic carbocycles. The van der Waals surface area contributed by atoms with Crippen molar-refractivity contribution in [2.75, 3.05) is 32.0 Å². The standard InChI is InChI=1S/C19H26N4O5/c1-21(12-18(24)25)15-3-2-9-22(10-8-15)19(26)13-4-7-16(20-14-5-6-14)17(11-13)23(27)28/h4,7,11,14-15,20H,2-3,5-6,8-10,12H2,1H3,(H,24,25). The number of carbonyl (C=O) groups is 2. The van der Waals surface area contributed by atoms with Gasteiger partial charge in [-0.25, -0.2) is 0 Å². The van der Waals surface area contributed by atoms with Crippen LogP contribution in [-0.4, -0.2) is 70.5 Å². The van der Waals surface area contributed by atoms with E-state index in [4.69, 9.17) is 5.11 Å². The zero-order valence-electron chi connectivity index (χ0n) is 16.0. The molecule has 152 valence electrons. The van der Waals surface area contributed by atoms with Gasteiger partial charge < -0.3 is 15.3 Å². The van der Waals surface area contributed by atoms with Gasteiger partial charge in [-0.1, -0.05) is 0 Å². The van der Waals surface area contributed by atoms with Gasteiger partial charge in [0.15, 0.2) is 0 Å². The van der Waals surface area contributed by atoms with E-state index < -0.39 is 10.9 Å². The van der Waals surface area contributed by atoms with Crippen LogP contribution in [0.25, 0.3) is 0 Å². The van der Waals surface area contributed by atoms with Crippen LogP contribution in [0.5, 0.6) is 0 Å². The third-order valence-corrected chi connectivity index (χ3v) is 5.37. The van der Waals surface area contributed by atoms with Crippen LogP contribution in [0.3, 0.4) is 0 Å². The summed E-state index contributed by atoms with van der Waals surface area (Å²) in [5.74, 6) is -1.09. The van der Waals surface area contributed by atoms with Gasteiger partial charge in [-0.2, -0.15) is 0 Å². The van der Waals surface area contributed by atoms with Crippen molar-refractivity contribution in [3.8, 4) is 0 Å². The van der Waals surface area contributed by atoms with Crippen molar-refractivity contribution in [1.82, 2.24) is 9.80 Å². The summed E-state index contributed by atoms with van der Waals surface area (Å²) in [7, 11) is 1.78. The number of likely N-dealkylation sites (N-methyl/N-ethyl adjacent to an activating group) is 1. The first-order chi connectivity index (χ1) is 13.3. The minimum absolute atomic E-state index is 0.0275. The molecule has 1 saturated heterocycles. The number of hydrogen-bond donors (Lipinski definition) is 2. The van der Waals surface area contributed by atoms with E-state index in [1.165, 1.54) is 6.07 Å². The molecule has 9 nitrogen and oxygen atoms in total. The number of carboxylic acid groups (broad SMARTS) is 1. The highest BCUT2D eigenvalue weighted by Crippen LogP contribution is 2.32. The van der Waals surface area contributed by atoms with E-state index in [0.717, 1.165) is 25.7 Å². The van der Waals surface area contributed by atoms with Gasteiger partial charge in [-0.15, -0.1) is 0 Å². The van der Waals surface area contributed by atoms with Crippen LogP contribution < -0.4 is 5.32 Å². The summed E-state index contributed by atoms with van der Waals surface area (Å²) in [6.45, 7) is 1.04. The number of carboxylic acids is 1. The number of amides is 1. The molecule has 2 aliphatic rings. The topological polar surface area (TPSA) is 116 Å². The quantitative estimate of drug-likeness (QED) is 0.541. The second-order valence-electron chi connectivity index (χ2n) is 7.59. The first-order valence-electron chi connectivity index (χ1n) is 9.61. The van der Waals surface area contributed by atoms with Crippen LogP contribution in [-0.2, 0) is 4.79 Å². The Hall–Kier alpha value is -2.68. The molecule has 1 aromatic rings. The minimum Gasteiger partial charge on any atom is -0.480 e.